The summed E-state index contributed by atoms with van der Waals surface area (Å²) in [5, 5.41) is 4.99. The van der Waals surface area contributed by atoms with E-state index in [1.54, 1.807) is 0 Å². The maximum absolute atomic E-state index is 7.23. The summed E-state index contributed by atoms with van der Waals surface area (Å²) >= 11 is 0. The Hall–Kier alpha value is -5.01. The molecule has 8 aromatic rings. The SMILES string of the molecule is [B]c1c([B])c([B])c2c(-c3ccccc3)c3c([B])c(-c4ccccc4)c([B])c([B])c3c(-c3ccc(-c4ccc5ccccc5c4)cc3)c2c1[B]. The highest BCUT2D eigenvalue weighted by molar-refractivity contribution is 6.69. The van der Waals surface area contributed by atoms with E-state index in [-0.39, 0.29) is 10.9 Å². The molecule has 0 atom stereocenters. The minimum Gasteiger partial charge on any atom is -0.110 e. The first-order valence-electron chi connectivity index (χ1n) is 16.0. The van der Waals surface area contributed by atoms with Crippen LogP contribution in [-0.4, -0.2) is 54.9 Å². The Labute approximate surface area is 296 Å². The molecular formula is C42H21B7. The molecule has 0 saturated heterocycles. The zero-order valence-electron chi connectivity index (χ0n) is 26.7. The van der Waals surface area contributed by atoms with Crippen LogP contribution in [0.1, 0.15) is 0 Å². The minimum absolute atomic E-state index is 0.206. The molecule has 0 aliphatic heterocycles. The van der Waals surface area contributed by atoms with Crippen molar-refractivity contribution < 1.29 is 0 Å². The normalized spacial score (nSPS) is 11.4. The van der Waals surface area contributed by atoms with Crippen LogP contribution in [0.5, 0.6) is 0 Å². The van der Waals surface area contributed by atoms with Gasteiger partial charge in [0.25, 0.3) is 0 Å². The van der Waals surface area contributed by atoms with Gasteiger partial charge in [0.2, 0.25) is 0 Å². The minimum atomic E-state index is 0.206. The molecule has 14 radical (unpaired) electrons. The zero-order valence-corrected chi connectivity index (χ0v) is 26.7. The van der Waals surface area contributed by atoms with E-state index in [0.29, 0.717) is 54.4 Å². The van der Waals surface area contributed by atoms with Crippen molar-refractivity contribution >= 4 is 125 Å². The molecular weight excluding hydrogens is 580 g/mol. The second-order valence-corrected chi connectivity index (χ2v) is 12.4. The van der Waals surface area contributed by atoms with Crippen molar-refractivity contribution in [3.63, 3.8) is 0 Å². The van der Waals surface area contributed by atoms with Crippen LogP contribution in [0.25, 0.3) is 76.8 Å². The lowest BCUT2D eigenvalue weighted by Gasteiger charge is -2.29. The highest BCUT2D eigenvalue weighted by Gasteiger charge is 2.25. The maximum atomic E-state index is 7.23. The Morgan fingerprint density at radius 3 is 1.18 bits per heavy atom. The highest BCUT2D eigenvalue weighted by atomic mass is 14.3. The van der Waals surface area contributed by atoms with Gasteiger partial charge in [-0.1, -0.05) is 149 Å². The second-order valence-electron chi connectivity index (χ2n) is 12.4. The van der Waals surface area contributed by atoms with Gasteiger partial charge >= 0.3 is 0 Å². The zero-order chi connectivity index (χ0) is 34.0. The van der Waals surface area contributed by atoms with Crippen LogP contribution >= 0.6 is 0 Å². The van der Waals surface area contributed by atoms with E-state index in [4.69, 9.17) is 54.9 Å². The molecule has 0 aliphatic rings. The van der Waals surface area contributed by atoms with Crippen LogP contribution in [0, 0.1) is 0 Å². The Bertz CT molecular complexity index is 2600. The Kier molecular flexibility index (Phi) is 7.76. The van der Waals surface area contributed by atoms with Gasteiger partial charge < -0.3 is 0 Å². The number of benzene rings is 8. The Morgan fingerprint density at radius 1 is 0.245 bits per heavy atom. The first-order valence-corrected chi connectivity index (χ1v) is 16.0. The topological polar surface area (TPSA) is 0 Å². The molecule has 0 bridgehead atoms. The standard InChI is InChI=1S/C42H21B7/c43-36-31(25-12-5-2-6-13-25)37(44)38(45)33-30(26-18-15-23(16-19-26)28-20-17-22-9-7-8-14-27(22)21-28)35-34(39(46)41(48)42(49)40(35)47)29(32(33)36)24-10-3-1-4-11-24/h1-21H. The molecule has 0 spiro atoms. The lowest BCUT2D eigenvalue weighted by Crippen LogP contribution is -2.48. The quantitative estimate of drug-likeness (QED) is 0.215. The maximum Gasteiger partial charge on any atom is 0.115 e. The van der Waals surface area contributed by atoms with E-state index in [2.05, 4.69) is 54.6 Å². The summed E-state index contributed by atoms with van der Waals surface area (Å²) in [4.78, 5) is 0. The van der Waals surface area contributed by atoms with Crippen molar-refractivity contribution in [2.24, 2.45) is 0 Å². The first-order chi connectivity index (χ1) is 23.8. The molecule has 0 amide bonds. The summed E-state index contributed by atoms with van der Waals surface area (Å²) < 4.78 is 0. The fraction of sp³-hybridized carbons (Fsp3) is 0. The molecule has 0 N–H and O–H groups in total. The van der Waals surface area contributed by atoms with Crippen molar-refractivity contribution in [2.45, 2.75) is 0 Å². The lowest BCUT2D eigenvalue weighted by atomic mass is 9.60. The summed E-state index contributed by atoms with van der Waals surface area (Å²) in [5.41, 5.74) is 9.07. The van der Waals surface area contributed by atoms with Gasteiger partial charge in [-0.15, -0.1) is 10.9 Å². The largest absolute Gasteiger partial charge is 0.115 e. The third kappa shape index (κ3) is 4.94. The van der Waals surface area contributed by atoms with Crippen LogP contribution < -0.4 is 38.2 Å². The van der Waals surface area contributed by atoms with Gasteiger partial charge in [-0.25, -0.2) is 0 Å². The molecule has 49 heavy (non-hydrogen) atoms. The molecule has 7 heteroatoms. The summed E-state index contributed by atoms with van der Waals surface area (Å²) in [7, 11) is 48.2. The van der Waals surface area contributed by atoms with Gasteiger partial charge in [-0.2, -0.15) is 0 Å². The fourth-order valence-electron chi connectivity index (χ4n) is 7.22. The molecule has 0 saturated carbocycles. The van der Waals surface area contributed by atoms with Gasteiger partial charge in [0.1, 0.15) is 54.9 Å². The van der Waals surface area contributed by atoms with Gasteiger partial charge in [-0.05, 0) is 82.9 Å². The molecule has 8 aromatic carbocycles. The van der Waals surface area contributed by atoms with Crippen molar-refractivity contribution in [2.75, 3.05) is 0 Å². The van der Waals surface area contributed by atoms with Crippen LogP contribution in [0.2, 0.25) is 0 Å². The Balaban J connectivity index is 1.53. The lowest BCUT2D eigenvalue weighted by molar-refractivity contribution is 1.63. The summed E-state index contributed by atoms with van der Waals surface area (Å²) in [6.45, 7) is 0. The van der Waals surface area contributed by atoms with E-state index in [1.165, 1.54) is 10.8 Å². The molecule has 210 valence electrons. The van der Waals surface area contributed by atoms with Crippen molar-refractivity contribution in [1.29, 1.82) is 0 Å². The first kappa shape index (κ1) is 31.3. The second kappa shape index (κ2) is 12.2. The van der Waals surface area contributed by atoms with Gasteiger partial charge in [0, 0.05) is 0 Å². The van der Waals surface area contributed by atoms with Crippen molar-refractivity contribution in [3.05, 3.63) is 127 Å². The number of fused-ring (bicyclic) bond motifs is 3. The summed E-state index contributed by atoms with van der Waals surface area (Å²) in [6.07, 6.45) is 0. The van der Waals surface area contributed by atoms with Gasteiger partial charge in [0.05, 0.1) is 0 Å². The Morgan fingerprint density at radius 2 is 0.633 bits per heavy atom. The van der Waals surface area contributed by atoms with Crippen molar-refractivity contribution in [1.82, 2.24) is 0 Å². The molecule has 0 aliphatic carbocycles. The third-order valence-corrected chi connectivity index (χ3v) is 9.66. The van der Waals surface area contributed by atoms with E-state index in [0.717, 1.165) is 38.9 Å². The molecule has 0 nitrogen and oxygen atoms in total. The molecule has 0 aromatic heterocycles. The molecule has 8 rings (SSSR count). The fourth-order valence-corrected chi connectivity index (χ4v) is 7.22. The molecule has 0 unspecified atom stereocenters. The average molecular weight is 601 g/mol. The number of hydrogen-bond donors (Lipinski definition) is 0. The number of rotatable bonds is 4. The smallest absolute Gasteiger partial charge is 0.110 e. The average Bonchev–Trinajstić information content (AvgIpc) is 3.15. The van der Waals surface area contributed by atoms with E-state index in [1.807, 2.05) is 72.8 Å². The third-order valence-electron chi connectivity index (χ3n) is 9.66. The predicted octanol–water partition coefficient (Wildman–Crippen LogP) is 3.37. The van der Waals surface area contributed by atoms with E-state index in [9.17, 15) is 0 Å². The van der Waals surface area contributed by atoms with Gasteiger partial charge in [0.15, 0.2) is 0 Å². The van der Waals surface area contributed by atoms with Crippen LogP contribution in [0.3, 0.4) is 0 Å². The van der Waals surface area contributed by atoms with Crippen molar-refractivity contribution in [3.8, 4) is 44.5 Å². The summed E-state index contributed by atoms with van der Waals surface area (Å²) in [6, 6.07) is 42.7. The van der Waals surface area contributed by atoms with E-state index >= 15 is 0 Å². The number of hydrogen-bond acceptors (Lipinski definition) is 0. The van der Waals surface area contributed by atoms with Crippen LogP contribution in [-0.2, 0) is 0 Å². The van der Waals surface area contributed by atoms with Crippen LogP contribution in [0.15, 0.2) is 127 Å². The summed E-state index contributed by atoms with van der Waals surface area (Å²) in [5.74, 6) is 0. The van der Waals surface area contributed by atoms with Gasteiger partial charge in [-0.3, -0.25) is 0 Å². The monoisotopic (exact) mass is 602 g/mol. The highest BCUT2D eigenvalue weighted by Crippen LogP contribution is 2.42. The molecule has 0 fully saturated rings. The van der Waals surface area contributed by atoms with E-state index < -0.39 is 0 Å². The predicted molar refractivity (Wildman–Crippen MR) is 218 cm³/mol. The van der Waals surface area contributed by atoms with Crippen LogP contribution in [0.4, 0.5) is 0 Å². The molecule has 0 heterocycles.